The summed E-state index contributed by atoms with van der Waals surface area (Å²) in [6, 6.07) is 5.46. The van der Waals surface area contributed by atoms with Crippen molar-refractivity contribution in [3.63, 3.8) is 0 Å². The fraction of sp³-hybridized carbons (Fsp3) is 0.556. The Labute approximate surface area is 143 Å². The van der Waals surface area contributed by atoms with Crippen LogP contribution in [0.5, 0.6) is 0 Å². The minimum Gasteiger partial charge on any atom is -0.364 e. The van der Waals surface area contributed by atoms with E-state index in [1.165, 1.54) is 0 Å². The molecule has 1 saturated heterocycles. The predicted molar refractivity (Wildman–Crippen MR) is 94.8 cm³/mol. The number of nitrogens with one attached hydrogen (secondary N) is 2. The molecule has 0 saturated carbocycles. The average molecular weight is 333 g/mol. The standard InChI is InChI=1S/C18H27N3O3/c1-11-5-6-12(20-17(23)18(2,3)4)9-14(11)21-16(22)15-8-7-13(10-19)24-15/h5-6,9,13,15H,7-8,10,19H2,1-4H3,(H,20,23)(H,21,22)/t13-,15+/m1/s1. The first-order chi connectivity index (χ1) is 11.2. The number of nitrogens with two attached hydrogens (primary N) is 1. The number of anilines is 2. The van der Waals surface area contributed by atoms with Crippen LogP contribution in [0.25, 0.3) is 0 Å². The summed E-state index contributed by atoms with van der Waals surface area (Å²) in [7, 11) is 0. The van der Waals surface area contributed by atoms with Crippen molar-refractivity contribution >= 4 is 23.2 Å². The minimum absolute atomic E-state index is 0.0424. The number of benzene rings is 1. The molecule has 0 bridgehead atoms. The largest absolute Gasteiger partial charge is 0.364 e. The van der Waals surface area contributed by atoms with Crippen LogP contribution in [-0.4, -0.2) is 30.6 Å². The van der Waals surface area contributed by atoms with Gasteiger partial charge in [0.25, 0.3) is 5.91 Å². The lowest BCUT2D eigenvalue weighted by Crippen LogP contribution is -2.30. The number of amides is 2. The summed E-state index contributed by atoms with van der Waals surface area (Å²) in [4.78, 5) is 24.5. The minimum atomic E-state index is -0.483. The molecule has 1 aromatic carbocycles. The quantitative estimate of drug-likeness (QED) is 0.789. The molecule has 24 heavy (non-hydrogen) atoms. The van der Waals surface area contributed by atoms with E-state index in [9.17, 15) is 9.59 Å². The second-order valence-corrected chi connectivity index (χ2v) is 7.28. The summed E-state index contributed by atoms with van der Waals surface area (Å²) in [5.74, 6) is -0.248. The van der Waals surface area contributed by atoms with E-state index in [0.717, 1.165) is 12.0 Å². The Kier molecular flexibility index (Phi) is 5.62. The summed E-state index contributed by atoms with van der Waals surface area (Å²) in [6.07, 6.45) is 0.965. The highest BCUT2D eigenvalue weighted by molar-refractivity contribution is 5.98. The first-order valence-electron chi connectivity index (χ1n) is 8.29. The van der Waals surface area contributed by atoms with Crippen LogP contribution in [0, 0.1) is 12.3 Å². The van der Waals surface area contributed by atoms with Gasteiger partial charge in [-0.2, -0.15) is 0 Å². The monoisotopic (exact) mass is 333 g/mol. The lowest BCUT2D eigenvalue weighted by molar-refractivity contribution is -0.126. The van der Waals surface area contributed by atoms with Gasteiger partial charge >= 0.3 is 0 Å². The number of rotatable bonds is 4. The van der Waals surface area contributed by atoms with Gasteiger partial charge in [-0.15, -0.1) is 0 Å². The lowest BCUT2D eigenvalue weighted by Gasteiger charge is -2.19. The molecule has 2 amide bonds. The molecule has 2 rings (SSSR count). The van der Waals surface area contributed by atoms with E-state index in [1.54, 1.807) is 6.07 Å². The molecular weight excluding hydrogens is 306 g/mol. The maximum absolute atomic E-state index is 12.4. The number of carbonyl (C=O) groups is 2. The zero-order valence-electron chi connectivity index (χ0n) is 14.8. The average Bonchev–Trinajstić information content (AvgIpc) is 2.98. The van der Waals surface area contributed by atoms with Crippen LogP contribution < -0.4 is 16.4 Å². The third-order valence-electron chi connectivity index (χ3n) is 4.10. The molecule has 0 spiro atoms. The van der Waals surface area contributed by atoms with Gasteiger partial charge in [0, 0.05) is 23.3 Å². The lowest BCUT2D eigenvalue weighted by atomic mass is 9.95. The summed E-state index contributed by atoms with van der Waals surface area (Å²) >= 11 is 0. The summed E-state index contributed by atoms with van der Waals surface area (Å²) in [5.41, 5.74) is 7.34. The fourth-order valence-electron chi connectivity index (χ4n) is 2.44. The van der Waals surface area contributed by atoms with Gasteiger partial charge in [-0.3, -0.25) is 9.59 Å². The summed E-state index contributed by atoms with van der Waals surface area (Å²) < 4.78 is 5.62. The van der Waals surface area contributed by atoms with Crippen molar-refractivity contribution in [2.24, 2.45) is 11.1 Å². The van der Waals surface area contributed by atoms with E-state index in [-0.39, 0.29) is 17.9 Å². The Morgan fingerprint density at radius 2 is 1.96 bits per heavy atom. The SMILES string of the molecule is Cc1ccc(NC(=O)C(C)(C)C)cc1NC(=O)[C@@H]1CC[C@H](CN)O1. The van der Waals surface area contributed by atoms with Crippen molar-refractivity contribution < 1.29 is 14.3 Å². The summed E-state index contributed by atoms with van der Waals surface area (Å²) in [6.45, 7) is 7.89. The third kappa shape index (κ3) is 4.55. The van der Waals surface area contributed by atoms with Gasteiger partial charge in [0.2, 0.25) is 5.91 Å². The molecule has 1 aliphatic rings. The molecule has 6 heteroatoms. The van der Waals surface area contributed by atoms with Crippen molar-refractivity contribution in [2.45, 2.75) is 52.7 Å². The van der Waals surface area contributed by atoms with Gasteiger partial charge in [-0.1, -0.05) is 26.8 Å². The van der Waals surface area contributed by atoms with Gasteiger partial charge in [0.1, 0.15) is 6.10 Å². The topological polar surface area (TPSA) is 93.5 Å². The maximum Gasteiger partial charge on any atom is 0.253 e. The van der Waals surface area contributed by atoms with Crippen LogP contribution >= 0.6 is 0 Å². The Hall–Kier alpha value is -1.92. The molecule has 1 fully saturated rings. The highest BCUT2D eigenvalue weighted by atomic mass is 16.5. The highest BCUT2D eigenvalue weighted by Gasteiger charge is 2.30. The molecule has 4 N–H and O–H groups in total. The van der Waals surface area contributed by atoms with Crippen LogP contribution in [0.15, 0.2) is 18.2 Å². The molecule has 1 aromatic rings. The Balaban J connectivity index is 2.06. The molecule has 0 aliphatic carbocycles. The number of ether oxygens (including phenoxy) is 1. The number of aryl methyl sites for hydroxylation is 1. The molecule has 6 nitrogen and oxygen atoms in total. The first-order valence-corrected chi connectivity index (χ1v) is 8.29. The molecule has 2 atom stereocenters. The first kappa shape index (κ1) is 18.4. The highest BCUT2D eigenvalue weighted by Crippen LogP contribution is 2.25. The van der Waals surface area contributed by atoms with Crippen molar-refractivity contribution in [3.8, 4) is 0 Å². The van der Waals surface area contributed by atoms with Crippen LogP contribution in [0.2, 0.25) is 0 Å². The van der Waals surface area contributed by atoms with Crippen molar-refractivity contribution in [1.82, 2.24) is 0 Å². The van der Waals surface area contributed by atoms with E-state index in [0.29, 0.717) is 24.3 Å². The normalized spacial score (nSPS) is 20.7. The maximum atomic E-state index is 12.4. The molecule has 0 radical (unpaired) electrons. The van der Waals surface area contributed by atoms with E-state index in [2.05, 4.69) is 10.6 Å². The van der Waals surface area contributed by atoms with Gasteiger partial charge in [0.15, 0.2) is 0 Å². The van der Waals surface area contributed by atoms with Crippen LogP contribution in [-0.2, 0) is 14.3 Å². The molecule has 1 heterocycles. The number of carbonyl (C=O) groups excluding carboxylic acids is 2. The second kappa shape index (κ2) is 7.32. The van der Waals surface area contributed by atoms with Crippen molar-refractivity contribution in [3.05, 3.63) is 23.8 Å². The van der Waals surface area contributed by atoms with Crippen LogP contribution in [0.4, 0.5) is 11.4 Å². The zero-order valence-corrected chi connectivity index (χ0v) is 14.8. The Morgan fingerprint density at radius 3 is 2.54 bits per heavy atom. The molecular formula is C18H27N3O3. The smallest absolute Gasteiger partial charge is 0.253 e. The molecule has 0 unspecified atom stereocenters. The third-order valence-corrected chi connectivity index (χ3v) is 4.10. The van der Waals surface area contributed by atoms with Gasteiger partial charge < -0.3 is 21.1 Å². The number of hydrogen-bond donors (Lipinski definition) is 3. The molecule has 132 valence electrons. The summed E-state index contributed by atoms with van der Waals surface area (Å²) in [5, 5.41) is 5.76. The Bertz CT molecular complexity index is 622. The second-order valence-electron chi connectivity index (χ2n) is 7.28. The van der Waals surface area contributed by atoms with E-state index in [4.69, 9.17) is 10.5 Å². The Morgan fingerprint density at radius 1 is 1.25 bits per heavy atom. The van der Waals surface area contributed by atoms with E-state index < -0.39 is 11.5 Å². The van der Waals surface area contributed by atoms with E-state index >= 15 is 0 Å². The van der Waals surface area contributed by atoms with E-state index in [1.807, 2.05) is 39.8 Å². The van der Waals surface area contributed by atoms with Gasteiger partial charge in [-0.25, -0.2) is 0 Å². The predicted octanol–water partition coefficient (Wildman–Crippen LogP) is 2.42. The van der Waals surface area contributed by atoms with Crippen LogP contribution in [0.3, 0.4) is 0 Å². The number of hydrogen-bond acceptors (Lipinski definition) is 4. The van der Waals surface area contributed by atoms with Crippen molar-refractivity contribution in [2.75, 3.05) is 17.2 Å². The van der Waals surface area contributed by atoms with Crippen LogP contribution in [0.1, 0.15) is 39.2 Å². The molecule has 0 aromatic heterocycles. The van der Waals surface area contributed by atoms with Crippen molar-refractivity contribution in [1.29, 1.82) is 0 Å². The molecule has 1 aliphatic heterocycles. The van der Waals surface area contributed by atoms with Gasteiger partial charge in [-0.05, 0) is 37.5 Å². The van der Waals surface area contributed by atoms with Gasteiger partial charge in [0.05, 0.1) is 6.10 Å². The zero-order chi connectivity index (χ0) is 17.9. The fourth-order valence-corrected chi connectivity index (χ4v) is 2.44.